The summed E-state index contributed by atoms with van der Waals surface area (Å²) in [5.41, 5.74) is -0.345. The van der Waals surface area contributed by atoms with E-state index in [1.165, 1.54) is 0 Å². The third kappa shape index (κ3) is 4.05. The van der Waals surface area contributed by atoms with Crippen LogP contribution in [0.15, 0.2) is 0 Å². The van der Waals surface area contributed by atoms with E-state index in [2.05, 4.69) is 34.6 Å². The average Bonchev–Trinajstić information content (AvgIpc) is 3.09. The first-order valence-corrected chi connectivity index (χ1v) is 13.7. The molecule has 0 spiro atoms. The van der Waals surface area contributed by atoms with Crippen LogP contribution in [-0.2, 0) is 9.53 Å². The van der Waals surface area contributed by atoms with Gasteiger partial charge < -0.3 is 25.2 Å². The van der Waals surface area contributed by atoms with Gasteiger partial charge in [-0.2, -0.15) is 0 Å². The number of fused-ring (bicyclic) bond motifs is 5. The second-order valence-electron chi connectivity index (χ2n) is 13.3. The van der Waals surface area contributed by atoms with Crippen LogP contribution in [0.4, 0.5) is 0 Å². The van der Waals surface area contributed by atoms with Crippen LogP contribution in [-0.4, -0.2) is 57.4 Å². The number of rotatable bonds is 5. The average molecular weight is 481 g/mol. The Bertz CT molecular complexity index is 755. The highest BCUT2D eigenvalue weighted by atomic mass is 16.5. The number of cyclic esters (lactones) is 1. The van der Waals surface area contributed by atoms with Gasteiger partial charge in [0.05, 0.1) is 36.9 Å². The third-order valence-electron chi connectivity index (χ3n) is 11.5. The molecule has 4 N–H and O–H groups in total. The van der Waals surface area contributed by atoms with Crippen molar-refractivity contribution >= 4 is 5.97 Å². The number of aliphatic hydroxyl groups excluding tert-OH is 4. The summed E-state index contributed by atoms with van der Waals surface area (Å²) in [5.74, 6) is 0.948. The van der Waals surface area contributed by atoms with E-state index in [1.807, 2.05) is 6.92 Å². The quantitative estimate of drug-likeness (QED) is 0.450. The zero-order valence-corrected chi connectivity index (χ0v) is 22.0. The Morgan fingerprint density at radius 1 is 0.912 bits per heavy atom. The van der Waals surface area contributed by atoms with E-state index in [0.29, 0.717) is 30.8 Å². The summed E-state index contributed by atoms with van der Waals surface area (Å²) in [6.45, 7) is 13.2. The molecule has 0 radical (unpaired) electrons. The molecule has 4 rings (SSSR count). The Morgan fingerprint density at radius 3 is 2.21 bits per heavy atom. The van der Waals surface area contributed by atoms with Gasteiger partial charge in [0.1, 0.15) is 0 Å². The molecule has 0 aromatic heterocycles. The number of carbonyl (C=O) groups is 1. The molecular formula is C28H48O6. The van der Waals surface area contributed by atoms with Crippen molar-refractivity contribution in [2.24, 2.45) is 58.2 Å². The monoisotopic (exact) mass is 480 g/mol. The molecular weight excluding hydrogens is 432 g/mol. The molecule has 13 atom stereocenters. The van der Waals surface area contributed by atoms with E-state index in [-0.39, 0.29) is 52.8 Å². The first kappa shape index (κ1) is 26.4. The fourth-order valence-corrected chi connectivity index (χ4v) is 8.95. The number of esters is 1. The first-order valence-electron chi connectivity index (χ1n) is 13.7. The molecule has 0 bridgehead atoms. The van der Waals surface area contributed by atoms with Gasteiger partial charge in [-0.05, 0) is 90.8 Å². The second-order valence-corrected chi connectivity index (χ2v) is 13.3. The van der Waals surface area contributed by atoms with Gasteiger partial charge in [0, 0.05) is 0 Å². The summed E-state index contributed by atoms with van der Waals surface area (Å²) >= 11 is 0. The third-order valence-corrected chi connectivity index (χ3v) is 11.5. The summed E-state index contributed by atoms with van der Waals surface area (Å²) in [5, 5.41) is 42.9. The molecule has 4 fully saturated rings. The molecule has 4 aliphatic rings. The molecule has 0 aromatic rings. The molecule has 1 saturated heterocycles. The Hall–Kier alpha value is -0.690. The van der Waals surface area contributed by atoms with Gasteiger partial charge in [-0.1, -0.05) is 41.5 Å². The summed E-state index contributed by atoms with van der Waals surface area (Å²) in [7, 11) is 0. The standard InChI is InChI=1S/C28H48O6/c1-14(2)15(3)24(31)25(32)16(4)18-7-8-19-17-13-34-26(33)21-11-22(29)23(30)12-28(21,6)20(17)9-10-27(18,19)5/h14-25,29-32H,7-13H2,1-6H3/t15-,16-,17-,18+,19-,20-,21+,22+,23+,24+,25+,27+,28+/m0/s1. The van der Waals surface area contributed by atoms with Gasteiger partial charge in [0.25, 0.3) is 0 Å². The SMILES string of the molecule is CC(C)[C@H](C)[C@@H](O)[C@H](O)[C@@H](C)[C@H]1CC[C@H]2[C@@H]3COC(=O)[C@H]4C[C@@H](O)[C@H](O)C[C@]4(C)[C@H]3CC[C@]12C. The van der Waals surface area contributed by atoms with E-state index >= 15 is 0 Å². The summed E-state index contributed by atoms with van der Waals surface area (Å²) in [6, 6.07) is 0. The van der Waals surface area contributed by atoms with Crippen LogP contribution in [0.2, 0.25) is 0 Å². The van der Waals surface area contributed by atoms with Gasteiger partial charge in [-0.25, -0.2) is 0 Å². The van der Waals surface area contributed by atoms with E-state index in [0.717, 1.165) is 25.7 Å². The van der Waals surface area contributed by atoms with Gasteiger partial charge in [-0.15, -0.1) is 0 Å². The lowest BCUT2D eigenvalue weighted by atomic mass is 9.48. The smallest absolute Gasteiger partial charge is 0.309 e. The van der Waals surface area contributed by atoms with Gasteiger partial charge in [-0.3, -0.25) is 4.79 Å². The Morgan fingerprint density at radius 2 is 1.56 bits per heavy atom. The normalized spacial score (nSPS) is 48.1. The topological polar surface area (TPSA) is 107 Å². The van der Waals surface area contributed by atoms with Crippen LogP contribution >= 0.6 is 0 Å². The molecule has 3 saturated carbocycles. The van der Waals surface area contributed by atoms with E-state index in [1.54, 1.807) is 0 Å². The maximum absolute atomic E-state index is 13.0. The van der Waals surface area contributed by atoms with Crippen molar-refractivity contribution < 1.29 is 30.0 Å². The van der Waals surface area contributed by atoms with Crippen molar-refractivity contribution in [2.75, 3.05) is 6.61 Å². The summed E-state index contributed by atoms with van der Waals surface area (Å²) in [6.07, 6.45) is 1.61. The van der Waals surface area contributed by atoms with Crippen LogP contribution in [0.1, 0.15) is 80.1 Å². The Labute approximate surface area is 205 Å². The van der Waals surface area contributed by atoms with Gasteiger partial charge >= 0.3 is 5.97 Å². The minimum atomic E-state index is -0.867. The van der Waals surface area contributed by atoms with Crippen LogP contribution in [0.5, 0.6) is 0 Å². The van der Waals surface area contributed by atoms with Crippen LogP contribution in [0.25, 0.3) is 0 Å². The van der Waals surface area contributed by atoms with Gasteiger partial charge in [0.15, 0.2) is 0 Å². The molecule has 6 heteroatoms. The highest BCUT2D eigenvalue weighted by Gasteiger charge is 2.63. The predicted molar refractivity (Wildman–Crippen MR) is 130 cm³/mol. The largest absolute Gasteiger partial charge is 0.465 e. The lowest BCUT2D eigenvalue weighted by molar-refractivity contribution is -0.162. The van der Waals surface area contributed by atoms with E-state index in [4.69, 9.17) is 4.74 Å². The highest BCUT2D eigenvalue weighted by Crippen LogP contribution is 2.66. The van der Waals surface area contributed by atoms with Crippen molar-refractivity contribution in [3.8, 4) is 0 Å². The van der Waals surface area contributed by atoms with Crippen molar-refractivity contribution in [1.82, 2.24) is 0 Å². The van der Waals surface area contributed by atoms with Crippen molar-refractivity contribution in [3.05, 3.63) is 0 Å². The number of hydrogen-bond acceptors (Lipinski definition) is 6. The molecule has 1 heterocycles. The number of aliphatic hydroxyl groups is 4. The molecule has 0 aromatic carbocycles. The Kier molecular flexibility index (Phi) is 7.23. The zero-order valence-electron chi connectivity index (χ0n) is 22.0. The minimum Gasteiger partial charge on any atom is -0.465 e. The highest BCUT2D eigenvalue weighted by molar-refractivity contribution is 5.74. The molecule has 196 valence electrons. The van der Waals surface area contributed by atoms with Crippen LogP contribution < -0.4 is 0 Å². The fraction of sp³-hybridized carbons (Fsp3) is 0.964. The lowest BCUT2D eigenvalue weighted by Gasteiger charge is -2.56. The number of ether oxygens (including phenoxy) is 1. The number of carbonyl (C=O) groups excluding carboxylic acids is 1. The van der Waals surface area contributed by atoms with Crippen molar-refractivity contribution in [3.63, 3.8) is 0 Å². The predicted octanol–water partition coefficient (Wildman–Crippen LogP) is 3.39. The Balaban J connectivity index is 1.58. The molecule has 6 nitrogen and oxygen atoms in total. The number of hydrogen-bond donors (Lipinski definition) is 4. The minimum absolute atomic E-state index is 0.00827. The summed E-state index contributed by atoms with van der Waals surface area (Å²) in [4.78, 5) is 13.0. The van der Waals surface area contributed by atoms with Gasteiger partial charge in [0.2, 0.25) is 0 Å². The maximum atomic E-state index is 13.0. The van der Waals surface area contributed by atoms with Crippen LogP contribution in [0.3, 0.4) is 0 Å². The van der Waals surface area contributed by atoms with Crippen molar-refractivity contribution in [2.45, 2.75) is 104 Å². The van der Waals surface area contributed by atoms with E-state index in [9.17, 15) is 25.2 Å². The maximum Gasteiger partial charge on any atom is 0.309 e. The fourth-order valence-electron chi connectivity index (χ4n) is 8.95. The summed E-state index contributed by atoms with van der Waals surface area (Å²) < 4.78 is 5.86. The molecule has 34 heavy (non-hydrogen) atoms. The second kappa shape index (κ2) is 9.32. The molecule has 3 aliphatic carbocycles. The zero-order chi connectivity index (χ0) is 25.2. The van der Waals surface area contributed by atoms with Crippen molar-refractivity contribution in [1.29, 1.82) is 0 Å². The first-order chi connectivity index (χ1) is 15.8. The van der Waals surface area contributed by atoms with E-state index < -0.39 is 24.4 Å². The lowest BCUT2D eigenvalue weighted by Crippen LogP contribution is -2.55. The molecule has 0 unspecified atom stereocenters. The molecule has 1 aliphatic heterocycles. The molecule has 0 amide bonds. The van der Waals surface area contributed by atoms with Crippen LogP contribution in [0, 0.1) is 58.2 Å².